The Bertz CT molecular complexity index is 3340. The lowest BCUT2D eigenvalue weighted by Gasteiger charge is -2.38. The van der Waals surface area contributed by atoms with Crippen molar-refractivity contribution in [1.29, 1.82) is 0 Å². The number of phenolic OH excluding ortho intramolecular Hbond substituents is 1. The molecule has 26 heteroatoms. The predicted octanol–water partition coefficient (Wildman–Crippen LogP) is 2.59. The third kappa shape index (κ3) is 11.7. The van der Waals surface area contributed by atoms with Crippen LogP contribution in [-0.2, 0) is 33.8 Å². The van der Waals surface area contributed by atoms with E-state index in [1.165, 1.54) is 39.7 Å². The third-order valence-corrected chi connectivity index (χ3v) is 13.5. The van der Waals surface area contributed by atoms with Gasteiger partial charge in [0.2, 0.25) is 29.7 Å². The number of guanidine groups is 1. The summed E-state index contributed by atoms with van der Waals surface area (Å²) in [5.74, 6) is -1.70. The number of fused-ring (bicyclic) bond motifs is 2. The number of aliphatic imine (C=N–C) groups is 1. The molecule has 4 aliphatic rings. The largest absolute Gasteiger partial charge is 0.508 e. The molecule has 76 heavy (non-hydrogen) atoms. The fourth-order valence-corrected chi connectivity index (χ4v) is 9.33. The quantitative estimate of drug-likeness (QED) is 0.0293. The first-order valence-corrected chi connectivity index (χ1v) is 24.8. The molecule has 0 bridgehead atoms. The van der Waals surface area contributed by atoms with Gasteiger partial charge in [0.05, 0.1) is 23.4 Å². The Hall–Kier alpha value is -9.23. The lowest BCUT2D eigenvalue weighted by atomic mass is 9.90. The summed E-state index contributed by atoms with van der Waals surface area (Å²) in [7, 11) is 0. The molecular formula is C50H57N17O9. The topological polar surface area (TPSA) is 349 Å². The molecule has 1 aliphatic carbocycles. The highest BCUT2D eigenvalue weighted by Crippen LogP contribution is 2.42. The highest BCUT2D eigenvalue weighted by molar-refractivity contribution is 6.08. The van der Waals surface area contributed by atoms with E-state index in [4.69, 9.17) is 30.8 Å². The number of hydrogen-bond donors (Lipinski definition) is 6. The van der Waals surface area contributed by atoms with Crippen LogP contribution in [0.15, 0.2) is 81.2 Å². The fraction of sp³-hybridized carbons (Fsp3) is 0.380. The van der Waals surface area contributed by atoms with Gasteiger partial charge in [-0.25, -0.2) is 14.2 Å². The van der Waals surface area contributed by atoms with Crippen molar-refractivity contribution in [2.45, 2.75) is 58.5 Å². The molecule has 0 unspecified atom stereocenters. The number of carboxylic acid groups (broad SMARTS) is 2. The number of rotatable bonds is 19. The average Bonchev–Trinajstić information content (AvgIpc) is 4.10. The number of anilines is 4. The van der Waals surface area contributed by atoms with Crippen LogP contribution in [0.5, 0.6) is 5.75 Å². The number of carbonyl (C=O) groups is 4. The number of carboxylic acids is 2. The molecule has 2 saturated heterocycles. The summed E-state index contributed by atoms with van der Waals surface area (Å²) in [5.41, 5.74) is 13.5. The number of hydrogen-bond acceptors (Lipinski definition) is 18. The summed E-state index contributed by atoms with van der Waals surface area (Å²) in [4.78, 5) is 90.5. The van der Waals surface area contributed by atoms with E-state index in [9.17, 15) is 39.3 Å². The monoisotopic (exact) mass is 1040 g/mol. The highest BCUT2D eigenvalue weighted by atomic mass is 16.4. The van der Waals surface area contributed by atoms with Crippen LogP contribution in [0.4, 0.5) is 23.5 Å². The number of phenols is 1. The van der Waals surface area contributed by atoms with Crippen molar-refractivity contribution in [2.24, 2.45) is 22.4 Å². The van der Waals surface area contributed by atoms with E-state index in [-0.39, 0.29) is 77.1 Å². The van der Waals surface area contributed by atoms with Gasteiger partial charge < -0.3 is 56.1 Å². The van der Waals surface area contributed by atoms with Crippen molar-refractivity contribution in [3.05, 3.63) is 94.2 Å². The number of piperazine rings is 2. The average molecular weight is 1040 g/mol. The molecular weight excluding hydrogens is 983 g/mol. The second kappa shape index (κ2) is 22.5. The maximum absolute atomic E-state index is 14.3. The Labute approximate surface area is 434 Å². The maximum Gasteiger partial charge on any atom is 0.336 e. The molecule has 0 spiro atoms. The summed E-state index contributed by atoms with van der Waals surface area (Å²) < 4.78 is 9.05. The second-order valence-electron chi connectivity index (χ2n) is 18.7. The molecule has 2 aromatic carbocycles. The lowest BCUT2D eigenvalue weighted by Crippen LogP contribution is -2.52. The minimum atomic E-state index is -1.24. The lowest BCUT2D eigenvalue weighted by molar-refractivity contribution is -0.138. The van der Waals surface area contributed by atoms with Crippen molar-refractivity contribution in [3.63, 3.8) is 0 Å². The Balaban J connectivity index is 0.969. The van der Waals surface area contributed by atoms with Gasteiger partial charge in [0.25, 0.3) is 0 Å². The molecule has 3 aromatic heterocycles. The van der Waals surface area contributed by atoms with E-state index in [0.717, 1.165) is 0 Å². The van der Waals surface area contributed by atoms with Crippen molar-refractivity contribution in [2.75, 3.05) is 74.0 Å². The van der Waals surface area contributed by atoms with Gasteiger partial charge in [0, 0.05) is 112 Å². The van der Waals surface area contributed by atoms with Crippen LogP contribution in [-0.4, -0.2) is 159 Å². The van der Waals surface area contributed by atoms with E-state index in [1.807, 2.05) is 23.6 Å². The standard InChI is InChI=1S/C50H57N17O9/c1-3-29(2)44(67-27-32(59-61-67)7-13-42(71)72)45(73)63-17-21-65(22-18-63)50-56-48(55-49(57-50)64-19-15-62(16-20-64)41(70)28-66-26-31(58-60-66)5-4-14-53-47(51)52)54-30-6-10-35(38(23-30)46(74)75)43-36-11-8-33(68)24-39(36)76-40-25-34(69)9-12-37(40)43/h6,8-12,23-27,29,44,68H,3-5,7,13-22,28H2,1-2H3,(H,71,72)(H,74,75)(H4,51,52,53)(H,54,55,56,57)/t29-,44-/m0/s1. The first kappa shape index (κ1) is 51.7. The zero-order valence-electron chi connectivity index (χ0n) is 41.8. The maximum atomic E-state index is 14.3. The number of nitrogens with one attached hydrogen (secondary N) is 1. The van der Waals surface area contributed by atoms with Crippen molar-refractivity contribution in [3.8, 4) is 28.2 Å². The zero-order chi connectivity index (χ0) is 53.6. The molecule has 6 heterocycles. The number of benzene rings is 3. The summed E-state index contributed by atoms with van der Waals surface area (Å²) >= 11 is 0. The number of carbonyl (C=O) groups excluding carboxylic acids is 2. The van der Waals surface area contributed by atoms with E-state index in [2.05, 4.69) is 30.9 Å². The van der Waals surface area contributed by atoms with Gasteiger partial charge in [0.15, 0.2) is 11.4 Å². The van der Waals surface area contributed by atoms with Gasteiger partial charge in [-0.3, -0.25) is 24.2 Å². The SMILES string of the molecule is CC[C@H](C)[C@@H](C(=O)N1CCN(c2nc(Nc3ccc(-c4c5ccc(=O)cc-5oc5cc(O)ccc45)c(C(=O)O)c3)nc(N3CCN(C(=O)Cn4cc(CCCN=C(N)N)nn4)CC3)n2)CC1)n1cc(CCC(=O)O)nn1. The third-order valence-electron chi connectivity index (χ3n) is 13.5. The zero-order valence-corrected chi connectivity index (χ0v) is 41.8. The normalized spacial score (nSPS) is 14.7. The van der Waals surface area contributed by atoms with E-state index in [1.54, 1.807) is 46.5 Å². The number of aryl methyl sites for hydroxylation is 2. The molecule has 0 radical (unpaired) electrons. The Morgan fingerprint density at radius 3 is 2.17 bits per heavy atom. The van der Waals surface area contributed by atoms with Gasteiger partial charge in [-0.05, 0) is 60.7 Å². The molecule has 2 amide bonds. The van der Waals surface area contributed by atoms with E-state index in [0.29, 0.717) is 129 Å². The smallest absolute Gasteiger partial charge is 0.336 e. The van der Waals surface area contributed by atoms with Crippen LogP contribution in [0.1, 0.15) is 60.9 Å². The molecule has 2 fully saturated rings. The van der Waals surface area contributed by atoms with E-state index < -0.39 is 18.0 Å². The summed E-state index contributed by atoms with van der Waals surface area (Å²) in [6.45, 7) is 7.17. The van der Waals surface area contributed by atoms with Gasteiger partial charge in [0.1, 0.15) is 29.7 Å². The van der Waals surface area contributed by atoms with Gasteiger partial charge >= 0.3 is 11.9 Å². The minimum Gasteiger partial charge on any atom is -0.508 e. The number of aliphatic carboxylic acids is 1. The van der Waals surface area contributed by atoms with Gasteiger partial charge in [-0.1, -0.05) is 36.8 Å². The molecule has 9 rings (SSSR count). The number of aromatic carboxylic acids is 1. The van der Waals surface area contributed by atoms with Crippen molar-refractivity contribution >= 4 is 64.2 Å². The second-order valence-corrected chi connectivity index (χ2v) is 18.7. The van der Waals surface area contributed by atoms with Crippen LogP contribution < -0.4 is 32.0 Å². The van der Waals surface area contributed by atoms with Crippen LogP contribution >= 0.6 is 0 Å². The van der Waals surface area contributed by atoms with Gasteiger partial charge in [-0.2, -0.15) is 15.0 Å². The Morgan fingerprint density at radius 1 is 0.803 bits per heavy atom. The molecule has 3 aliphatic heterocycles. The van der Waals surface area contributed by atoms with Crippen LogP contribution in [0.25, 0.3) is 33.4 Å². The Kier molecular flexibility index (Phi) is 15.3. The fourth-order valence-electron chi connectivity index (χ4n) is 9.33. The van der Waals surface area contributed by atoms with Crippen LogP contribution in [0.3, 0.4) is 0 Å². The van der Waals surface area contributed by atoms with E-state index >= 15 is 0 Å². The highest BCUT2D eigenvalue weighted by Gasteiger charge is 2.34. The van der Waals surface area contributed by atoms with Crippen LogP contribution in [0.2, 0.25) is 0 Å². The number of nitrogens with zero attached hydrogens (tertiary/aromatic N) is 14. The molecule has 2 atom stereocenters. The Morgan fingerprint density at radius 2 is 1.49 bits per heavy atom. The summed E-state index contributed by atoms with van der Waals surface area (Å²) in [6, 6.07) is 12.9. The number of amides is 2. The first-order valence-electron chi connectivity index (χ1n) is 24.8. The van der Waals surface area contributed by atoms with Crippen molar-refractivity contribution < 1.29 is 38.9 Å². The molecule has 26 nitrogen and oxygen atoms in total. The number of aromatic hydroxyl groups is 1. The minimum absolute atomic E-state index is 0.00203. The summed E-state index contributed by atoms with van der Waals surface area (Å²) in [5, 5.41) is 50.6. The summed E-state index contributed by atoms with van der Waals surface area (Å²) in [6.07, 6.45) is 5.39. The van der Waals surface area contributed by atoms with Crippen molar-refractivity contribution in [1.82, 2.24) is 54.7 Å². The molecule has 0 saturated carbocycles. The first-order chi connectivity index (χ1) is 36.6. The number of nitrogens with two attached hydrogens (primary N) is 2. The molecule has 5 aromatic rings. The number of aromatic nitrogens is 9. The van der Waals surface area contributed by atoms with Crippen LogP contribution in [0, 0.1) is 5.92 Å². The molecule has 396 valence electrons. The van der Waals surface area contributed by atoms with Gasteiger partial charge in [-0.15, -0.1) is 10.2 Å². The predicted molar refractivity (Wildman–Crippen MR) is 277 cm³/mol. The molecule has 8 N–H and O–H groups in total.